The second-order valence-corrected chi connectivity index (χ2v) is 7.91. The van der Waals surface area contributed by atoms with Crippen LogP contribution in [0.3, 0.4) is 0 Å². The summed E-state index contributed by atoms with van der Waals surface area (Å²) in [4.78, 5) is 32.9. The van der Waals surface area contributed by atoms with Crippen LogP contribution >= 0.6 is 0 Å². The summed E-state index contributed by atoms with van der Waals surface area (Å²) in [6, 6.07) is 20.9. The summed E-state index contributed by atoms with van der Waals surface area (Å²) in [5.41, 5.74) is 5.55. The molecule has 152 valence electrons. The zero-order chi connectivity index (χ0) is 21.7. The SMILES string of the molecule is Cc1ccc(-n2c(/C=C3\C(=O)N(C)c4ccc(C)cc43)nc3ccccc3c2=O)cc1. The van der Waals surface area contributed by atoms with Crippen LogP contribution < -0.4 is 10.5 Å². The number of likely N-dealkylation sites (N-methyl/N-ethyl adjacent to an activating group) is 1. The smallest absolute Gasteiger partial charge is 0.266 e. The summed E-state index contributed by atoms with van der Waals surface area (Å²) >= 11 is 0. The molecule has 5 heteroatoms. The molecule has 0 saturated carbocycles. The third-order valence-electron chi connectivity index (χ3n) is 5.71. The molecule has 0 bridgehead atoms. The Labute approximate surface area is 179 Å². The average Bonchev–Trinajstić information content (AvgIpc) is 2.99. The van der Waals surface area contributed by atoms with Crippen LogP contribution in [-0.2, 0) is 4.79 Å². The second kappa shape index (κ2) is 7.06. The van der Waals surface area contributed by atoms with E-state index in [1.165, 1.54) is 0 Å². The van der Waals surface area contributed by atoms with Gasteiger partial charge in [-0.3, -0.25) is 14.2 Å². The van der Waals surface area contributed by atoms with E-state index in [-0.39, 0.29) is 11.5 Å². The van der Waals surface area contributed by atoms with Gasteiger partial charge in [0.05, 0.1) is 27.9 Å². The summed E-state index contributed by atoms with van der Waals surface area (Å²) in [6.07, 6.45) is 1.73. The Bertz CT molecular complexity index is 1450. The Morgan fingerprint density at radius 2 is 1.58 bits per heavy atom. The molecular weight excluding hydrogens is 386 g/mol. The van der Waals surface area contributed by atoms with Gasteiger partial charge in [-0.15, -0.1) is 0 Å². The van der Waals surface area contributed by atoms with E-state index < -0.39 is 0 Å². The summed E-state index contributed by atoms with van der Waals surface area (Å²) in [6.45, 7) is 4.00. The van der Waals surface area contributed by atoms with Gasteiger partial charge in [-0.2, -0.15) is 0 Å². The van der Waals surface area contributed by atoms with E-state index >= 15 is 0 Å². The predicted molar refractivity (Wildman–Crippen MR) is 125 cm³/mol. The lowest BCUT2D eigenvalue weighted by Crippen LogP contribution is -2.23. The molecule has 0 aliphatic carbocycles. The van der Waals surface area contributed by atoms with E-state index in [0.29, 0.717) is 28.0 Å². The van der Waals surface area contributed by atoms with Gasteiger partial charge in [-0.1, -0.05) is 41.5 Å². The lowest BCUT2D eigenvalue weighted by Gasteiger charge is -2.12. The van der Waals surface area contributed by atoms with Crippen molar-refractivity contribution in [1.82, 2.24) is 9.55 Å². The van der Waals surface area contributed by atoms with Crippen molar-refractivity contribution in [2.24, 2.45) is 0 Å². The zero-order valence-corrected chi connectivity index (χ0v) is 17.6. The van der Waals surface area contributed by atoms with E-state index in [1.54, 1.807) is 28.7 Å². The van der Waals surface area contributed by atoms with E-state index in [1.807, 2.05) is 74.5 Å². The number of rotatable bonds is 2. The highest BCUT2D eigenvalue weighted by molar-refractivity contribution is 6.35. The Morgan fingerprint density at radius 3 is 2.35 bits per heavy atom. The minimum Gasteiger partial charge on any atom is -0.311 e. The molecule has 31 heavy (non-hydrogen) atoms. The first kappa shape index (κ1) is 19.0. The van der Waals surface area contributed by atoms with Gasteiger partial charge in [0, 0.05) is 12.6 Å². The molecule has 1 amide bonds. The minimum absolute atomic E-state index is 0.113. The minimum atomic E-state index is -0.162. The number of hydrogen-bond donors (Lipinski definition) is 0. The number of aromatic nitrogens is 2. The van der Waals surface area contributed by atoms with E-state index in [2.05, 4.69) is 0 Å². The lowest BCUT2D eigenvalue weighted by molar-refractivity contribution is -0.112. The van der Waals surface area contributed by atoms with Gasteiger partial charge in [0.25, 0.3) is 11.5 Å². The molecule has 0 unspecified atom stereocenters. The largest absolute Gasteiger partial charge is 0.311 e. The number of hydrogen-bond acceptors (Lipinski definition) is 3. The molecule has 5 rings (SSSR count). The van der Waals surface area contributed by atoms with Gasteiger partial charge in [0.1, 0.15) is 5.82 Å². The molecule has 3 aromatic carbocycles. The molecule has 0 N–H and O–H groups in total. The maximum absolute atomic E-state index is 13.5. The Morgan fingerprint density at radius 1 is 0.871 bits per heavy atom. The monoisotopic (exact) mass is 407 g/mol. The van der Waals surface area contributed by atoms with Gasteiger partial charge in [0.15, 0.2) is 0 Å². The van der Waals surface area contributed by atoms with E-state index in [9.17, 15) is 9.59 Å². The van der Waals surface area contributed by atoms with Crippen LogP contribution in [0.15, 0.2) is 71.5 Å². The van der Waals surface area contributed by atoms with Crippen LogP contribution in [0.1, 0.15) is 22.5 Å². The molecule has 0 radical (unpaired) electrons. The van der Waals surface area contributed by atoms with Crippen LogP contribution in [-0.4, -0.2) is 22.5 Å². The van der Waals surface area contributed by atoms with Crippen molar-refractivity contribution < 1.29 is 4.79 Å². The highest BCUT2D eigenvalue weighted by Crippen LogP contribution is 2.37. The normalized spacial score (nSPS) is 14.5. The van der Waals surface area contributed by atoms with Crippen LogP contribution in [0.25, 0.3) is 28.2 Å². The number of amides is 1. The van der Waals surface area contributed by atoms with Crippen molar-refractivity contribution in [2.45, 2.75) is 13.8 Å². The van der Waals surface area contributed by atoms with Crippen LogP contribution in [0, 0.1) is 13.8 Å². The number of anilines is 1. The first-order valence-corrected chi connectivity index (χ1v) is 10.1. The molecule has 0 spiro atoms. The Kier molecular flexibility index (Phi) is 4.33. The summed E-state index contributed by atoms with van der Waals surface area (Å²) in [5.74, 6) is 0.317. The van der Waals surface area contributed by atoms with E-state index in [4.69, 9.17) is 4.98 Å². The van der Waals surface area contributed by atoms with Gasteiger partial charge >= 0.3 is 0 Å². The molecule has 0 atom stereocenters. The van der Waals surface area contributed by atoms with Crippen molar-refractivity contribution in [3.63, 3.8) is 0 Å². The van der Waals surface area contributed by atoms with Crippen molar-refractivity contribution in [2.75, 3.05) is 11.9 Å². The fourth-order valence-corrected chi connectivity index (χ4v) is 4.02. The van der Waals surface area contributed by atoms with Gasteiger partial charge in [0.2, 0.25) is 0 Å². The van der Waals surface area contributed by atoms with Crippen molar-refractivity contribution in [3.8, 4) is 5.69 Å². The summed E-state index contributed by atoms with van der Waals surface area (Å²) in [7, 11) is 1.76. The molecule has 0 saturated heterocycles. The fourth-order valence-electron chi connectivity index (χ4n) is 4.02. The number of carbonyl (C=O) groups excluding carboxylic acids is 1. The number of aryl methyl sites for hydroxylation is 2. The molecule has 4 aromatic rings. The van der Waals surface area contributed by atoms with Gasteiger partial charge < -0.3 is 4.90 Å². The number of nitrogens with zero attached hydrogens (tertiary/aromatic N) is 3. The number of para-hydroxylation sites is 1. The molecule has 5 nitrogen and oxygen atoms in total. The molecule has 1 aliphatic rings. The number of fused-ring (bicyclic) bond motifs is 2. The van der Waals surface area contributed by atoms with Crippen LogP contribution in [0.2, 0.25) is 0 Å². The highest BCUT2D eigenvalue weighted by atomic mass is 16.2. The first-order valence-electron chi connectivity index (χ1n) is 10.1. The zero-order valence-electron chi connectivity index (χ0n) is 17.6. The third kappa shape index (κ3) is 3.06. The first-order chi connectivity index (χ1) is 14.9. The quantitative estimate of drug-likeness (QED) is 0.459. The van der Waals surface area contributed by atoms with Crippen molar-refractivity contribution >= 4 is 34.1 Å². The Balaban J connectivity index is 1.82. The van der Waals surface area contributed by atoms with Crippen LogP contribution in [0.4, 0.5) is 5.69 Å². The predicted octanol–water partition coefficient (Wildman–Crippen LogP) is 4.52. The fraction of sp³-hybridized carbons (Fsp3) is 0.115. The lowest BCUT2D eigenvalue weighted by atomic mass is 10.0. The highest BCUT2D eigenvalue weighted by Gasteiger charge is 2.30. The summed E-state index contributed by atoms with van der Waals surface area (Å²) in [5, 5.41) is 0.538. The van der Waals surface area contributed by atoms with Crippen molar-refractivity contribution in [1.29, 1.82) is 0 Å². The maximum Gasteiger partial charge on any atom is 0.266 e. The molecule has 1 aromatic heterocycles. The molecular formula is C26H21N3O2. The number of benzene rings is 3. The third-order valence-corrected chi connectivity index (χ3v) is 5.71. The average molecular weight is 407 g/mol. The standard InChI is InChI=1S/C26H21N3O2/c1-16-8-11-18(12-9-16)29-24(27-22-7-5-4-6-19(22)26(29)31)15-21-20-14-17(2)10-13-23(20)28(3)25(21)30/h4-15H,1-3H3/b21-15-. The second-order valence-electron chi connectivity index (χ2n) is 7.91. The Hall–Kier alpha value is -3.99. The molecule has 2 heterocycles. The van der Waals surface area contributed by atoms with Gasteiger partial charge in [-0.05, 0) is 56.3 Å². The van der Waals surface area contributed by atoms with E-state index in [0.717, 1.165) is 22.4 Å². The number of carbonyl (C=O) groups is 1. The molecule has 0 fully saturated rings. The summed E-state index contributed by atoms with van der Waals surface area (Å²) < 4.78 is 1.58. The topological polar surface area (TPSA) is 55.2 Å². The van der Waals surface area contributed by atoms with Crippen molar-refractivity contribution in [3.05, 3.63) is 99.6 Å². The van der Waals surface area contributed by atoms with Gasteiger partial charge in [-0.25, -0.2) is 4.98 Å². The van der Waals surface area contributed by atoms with Crippen LogP contribution in [0.5, 0.6) is 0 Å². The molecule has 1 aliphatic heterocycles. The maximum atomic E-state index is 13.5.